The highest BCUT2D eigenvalue weighted by Crippen LogP contribution is 2.08. The van der Waals surface area contributed by atoms with Gasteiger partial charge in [0, 0.05) is 45.7 Å². The van der Waals surface area contributed by atoms with Crippen molar-refractivity contribution in [1.82, 2.24) is 20.2 Å². The second-order valence-electron chi connectivity index (χ2n) is 6.83. The maximum Gasteiger partial charge on any atom is 0.191 e. The Morgan fingerprint density at radius 1 is 1.32 bits per heavy atom. The number of nitrogens with one attached hydrogen (secondary N) is 2. The molecule has 1 aromatic carbocycles. The van der Waals surface area contributed by atoms with E-state index in [1.54, 1.807) is 7.05 Å². The van der Waals surface area contributed by atoms with Crippen molar-refractivity contribution in [3.05, 3.63) is 54.1 Å². The van der Waals surface area contributed by atoms with Crippen molar-refractivity contribution in [1.29, 1.82) is 0 Å². The lowest BCUT2D eigenvalue weighted by Crippen LogP contribution is -2.38. The van der Waals surface area contributed by atoms with Gasteiger partial charge in [0.05, 0.1) is 19.3 Å². The lowest BCUT2D eigenvalue weighted by atomic mass is 10.1. The fraction of sp³-hybridized carbons (Fsp3) is 0.524. The highest BCUT2D eigenvalue weighted by atomic mass is 16.5. The van der Waals surface area contributed by atoms with Crippen molar-refractivity contribution in [3.63, 3.8) is 0 Å². The molecule has 1 unspecified atom stereocenters. The SMILES string of the molecule is CN=C(NCCCOC1CCOC1)NCc1nccn1CCc1ccccc1. The average Bonchev–Trinajstić information content (AvgIpc) is 3.41. The standard InChI is InChI=1S/C21H31N5O2/c1-22-21(24-10-5-14-28-19-9-15-27-17-19)25-16-20-23-11-13-26(20)12-8-18-6-3-2-4-7-18/h2-4,6-7,11,13,19H,5,8-10,12,14-17H2,1H3,(H2,22,24,25). The Balaban J connectivity index is 1.35. The largest absolute Gasteiger partial charge is 0.379 e. The van der Waals surface area contributed by atoms with Crippen LogP contribution in [-0.4, -0.2) is 55.0 Å². The van der Waals surface area contributed by atoms with Crippen molar-refractivity contribution in [2.24, 2.45) is 4.99 Å². The minimum Gasteiger partial charge on any atom is -0.379 e. The number of hydrogen-bond acceptors (Lipinski definition) is 4. The van der Waals surface area contributed by atoms with Gasteiger partial charge in [-0.2, -0.15) is 0 Å². The number of benzene rings is 1. The van der Waals surface area contributed by atoms with Crippen molar-refractivity contribution in [2.75, 3.05) is 33.4 Å². The number of aliphatic imine (C=N–C) groups is 1. The van der Waals surface area contributed by atoms with Gasteiger partial charge in [-0.3, -0.25) is 4.99 Å². The van der Waals surface area contributed by atoms with Gasteiger partial charge in [0.25, 0.3) is 0 Å². The molecule has 1 aliphatic rings. The Labute approximate surface area is 167 Å². The first-order valence-corrected chi connectivity index (χ1v) is 10.0. The third kappa shape index (κ3) is 6.65. The zero-order valence-electron chi connectivity index (χ0n) is 16.6. The number of aryl methyl sites for hydroxylation is 2. The number of hydrogen-bond donors (Lipinski definition) is 2. The Bertz CT molecular complexity index is 711. The quantitative estimate of drug-likeness (QED) is 0.372. The molecule has 0 saturated carbocycles. The fourth-order valence-electron chi connectivity index (χ4n) is 3.16. The van der Waals surface area contributed by atoms with E-state index in [1.165, 1.54) is 5.56 Å². The molecule has 1 aliphatic heterocycles. The Kier molecular flexibility index (Phi) is 8.33. The van der Waals surface area contributed by atoms with Crippen molar-refractivity contribution < 1.29 is 9.47 Å². The molecule has 2 heterocycles. The molecular weight excluding hydrogens is 354 g/mol. The molecule has 0 spiro atoms. The summed E-state index contributed by atoms with van der Waals surface area (Å²) in [6.45, 7) is 4.65. The van der Waals surface area contributed by atoms with Crippen LogP contribution in [0.3, 0.4) is 0 Å². The maximum atomic E-state index is 5.78. The van der Waals surface area contributed by atoms with Gasteiger partial charge in [-0.05, 0) is 24.8 Å². The fourth-order valence-corrected chi connectivity index (χ4v) is 3.16. The Morgan fingerprint density at radius 3 is 3.00 bits per heavy atom. The number of rotatable bonds is 10. The van der Waals surface area contributed by atoms with Crippen molar-refractivity contribution >= 4 is 5.96 Å². The van der Waals surface area contributed by atoms with Crippen molar-refractivity contribution in [2.45, 2.75) is 38.5 Å². The molecule has 0 aliphatic carbocycles. The van der Waals surface area contributed by atoms with E-state index in [1.807, 2.05) is 18.5 Å². The van der Waals surface area contributed by atoms with Crippen LogP contribution < -0.4 is 10.6 Å². The number of ether oxygens (including phenoxy) is 2. The molecular formula is C21H31N5O2. The topological polar surface area (TPSA) is 72.7 Å². The summed E-state index contributed by atoms with van der Waals surface area (Å²) in [6, 6.07) is 10.5. The van der Waals surface area contributed by atoms with Crippen LogP contribution in [0.2, 0.25) is 0 Å². The molecule has 1 aromatic heterocycles. The molecule has 0 bridgehead atoms. The summed E-state index contributed by atoms with van der Waals surface area (Å²) in [7, 11) is 1.78. The molecule has 3 rings (SSSR count). The van der Waals surface area contributed by atoms with E-state index in [0.29, 0.717) is 6.54 Å². The molecule has 2 aromatic rings. The van der Waals surface area contributed by atoms with Crippen LogP contribution in [0.15, 0.2) is 47.7 Å². The van der Waals surface area contributed by atoms with Gasteiger partial charge >= 0.3 is 0 Å². The minimum atomic E-state index is 0.271. The summed E-state index contributed by atoms with van der Waals surface area (Å²) in [6.07, 6.45) is 7.08. The summed E-state index contributed by atoms with van der Waals surface area (Å²) in [5.74, 6) is 1.78. The first-order valence-electron chi connectivity index (χ1n) is 10.0. The van der Waals surface area contributed by atoms with E-state index in [4.69, 9.17) is 9.47 Å². The molecule has 7 nitrogen and oxygen atoms in total. The van der Waals surface area contributed by atoms with Crippen LogP contribution in [0.4, 0.5) is 0 Å². The first kappa shape index (κ1) is 20.4. The van der Waals surface area contributed by atoms with E-state index in [2.05, 4.69) is 49.4 Å². The van der Waals surface area contributed by atoms with E-state index >= 15 is 0 Å². The van der Waals surface area contributed by atoms with E-state index < -0.39 is 0 Å². The summed E-state index contributed by atoms with van der Waals surface area (Å²) in [5.41, 5.74) is 1.33. The minimum absolute atomic E-state index is 0.271. The number of imidazole rings is 1. The first-order chi connectivity index (χ1) is 13.8. The summed E-state index contributed by atoms with van der Waals surface area (Å²) < 4.78 is 13.3. The van der Waals surface area contributed by atoms with Crippen LogP contribution >= 0.6 is 0 Å². The van der Waals surface area contributed by atoms with Gasteiger partial charge in [0.2, 0.25) is 0 Å². The zero-order valence-corrected chi connectivity index (χ0v) is 16.6. The van der Waals surface area contributed by atoms with Gasteiger partial charge in [-0.15, -0.1) is 0 Å². The molecule has 2 N–H and O–H groups in total. The Morgan fingerprint density at radius 2 is 2.21 bits per heavy atom. The van der Waals surface area contributed by atoms with Gasteiger partial charge in [-0.1, -0.05) is 30.3 Å². The summed E-state index contributed by atoms with van der Waals surface area (Å²) >= 11 is 0. The average molecular weight is 386 g/mol. The normalized spacial score (nSPS) is 17.0. The van der Waals surface area contributed by atoms with Gasteiger partial charge in [0.1, 0.15) is 5.82 Å². The highest BCUT2D eigenvalue weighted by Gasteiger charge is 2.15. The molecule has 152 valence electrons. The van der Waals surface area contributed by atoms with Crippen LogP contribution in [0.1, 0.15) is 24.2 Å². The smallest absolute Gasteiger partial charge is 0.191 e. The van der Waals surface area contributed by atoms with E-state index in [0.717, 1.165) is 64.0 Å². The summed E-state index contributed by atoms with van der Waals surface area (Å²) in [4.78, 5) is 8.76. The van der Waals surface area contributed by atoms with Gasteiger partial charge in [-0.25, -0.2) is 4.98 Å². The van der Waals surface area contributed by atoms with Crippen LogP contribution in [-0.2, 0) is 29.0 Å². The number of guanidine groups is 1. The maximum absolute atomic E-state index is 5.78. The highest BCUT2D eigenvalue weighted by molar-refractivity contribution is 5.79. The van der Waals surface area contributed by atoms with Crippen LogP contribution in [0, 0.1) is 0 Å². The lowest BCUT2D eigenvalue weighted by molar-refractivity contribution is 0.0420. The summed E-state index contributed by atoms with van der Waals surface area (Å²) in [5, 5.41) is 6.66. The lowest BCUT2D eigenvalue weighted by Gasteiger charge is -2.14. The predicted molar refractivity (Wildman–Crippen MR) is 110 cm³/mol. The van der Waals surface area contributed by atoms with Gasteiger partial charge < -0.3 is 24.7 Å². The second-order valence-corrected chi connectivity index (χ2v) is 6.83. The number of nitrogens with zero attached hydrogens (tertiary/aromatic N) is 3. The molecule has 1 fully saturated rings. The zero-order chi connectivity index (χ0) is 19.4. The molecule has 1 atom stereocenters. The Hall–Kier alpha value is -2.38. The van der Waals surface area contributed by atoms with Crippen molar-refractivity contribution in [3.8, 4) is 0 Å². The van der Waals surface area contributed by atoms with Gasteiger partial charge in [0.15, 0.2) is 5.96 Å². The predicted octanol–water partition coefficient (Wildman–Crippen LogP) is 1.99. The molecule has 28 heavy (non-hydrogen) atoms. The van der Waals surface area contributed by atoms with Crippen LogP contribution in [0.5, 0.6) is 0 Å². The monoisotopic (exact) mass is 385 g/mol. The van der Waals surface area contributed by atoms with E-state index in [-0.39, 0.29) is 6.10 Å². The van der Waals surface area contributed by atoms with E-state index in [9.17, 15) is 0 Å². The number of aromatic nitrogens is 2. The van der Waals surface area contributed by atoms with Crippen LogP contribution in [0.25, 0.3) is 0 Å². The third-order valence-electron chi connectivity index (χ3n) is 4.78. The molecule has 1 saturated heterocycles. The second kappa shape index (κ2) is 11.5. The molecule has 0 radical (unpaired) electrons. The molecule has 7 heteroatoms. The molecule has 0 amide bonds. The third-order valence-corrected chi connectivity index (χ3v) is 4.78.